The number of rotatable bonds is 3. The number of nitrogens with zero attached hydrogens (tertiary/aromatic N) is 1. The number of hydrogen-bond donors (Lipinski definition) is 0. The largest absolute Gasteiger partial charge is 0.444 e. The van der Waals surface area contributed by atoms with Crippen molar-refractivity contribution in [3.8, 4) is 0 Å². The summed E-state index contributed by atoms with van der Waals surface area (Å²) >= 11 is 0. The Hall–Kier alpha value is -1.84. The van der Waals surface area contributed by atoms with E-state index in [1.54, 1.807) is 4.90 Å². The van der Waals surface area contributed by atoms with E-state index >= 15 is 0 Å². The minimum absolute atomic E-state index is 0.159. The Kier molecular flexibility index (Phi) is 4.89. The highest BCUT2D eigenvalue weighted by molar-refractivity contribution is 5.69. The van der Waals surface area contributed by atoms with Gasteiger partial charge in [0.1, 0.15) is 11.9 Å². The molecule has 22 heavy (non-hydrogen) atoms. The van der Waals surface area contributed by atoms with Crippen LogP contribution in [0.2, 0.25) is 0 Å². The fraction of sp³-hybridized carbons (Fsp3) is 0.556. The van der Waals surface area contributed by atoms with Crippen molar-refractivity contribution in [1.82, 2.24) is 4.90 Å². The molecule has 1 saturated heterocycles. The number of hydrogen-bond acceptors (Lipinski definition) is 3. The summed E-state index contributed by atoms with van der Waals surface area (Å²) in [6.07, 6.45) is 1.55. The van der Waals surface area contributed by atoms with Crippen LogP contribution in [-0.4, -0.2) is 36.0 Å². The Bertz CT molecular complexity index is 530. The first-order chi connectivity index (χ1) is 10.3. The monoisotopic (exact) mass is 303 g/mol. The third-order valence-electron chi connectivity index (χ3n) is 3.99. The van der Waals surface area contributed by atoms with E-state index in [9.17, 15) is 9.59 Å². The molecule has 0 aliphatic carbocycles. The lowest BCUT2D eigenvalue weighted by atomic mass is 9.86. The van der Waals surface area contributed by atoms with Crippen molar-refractivity contribution >= 4 is 12.4 Å². The molecule has 0 spiro atoms. The zero-order valence-corrected chi connectivity index (χ0v) is 13.8. The van der Waals surface area contributed by atoms with Crippen LogP contribution >= 0.6 is 0 Å². The van der Waals surface area contributed by atoms with Crippen LogP contribution in [0, 0.1) is 12.8 Å². The molecule has 1 aromatic rings. The molecule has 2 unspecified atom stereocenters. The number of carbonyl (C=O) groups is 2. The maximum Gasteiger partial charge on any atom is 0.410 e. The number of likely N-dealkylation sites (tertiary alicyclic amines) is 1. The second kappa shape index (κ2) is 6.51. The van der Waals surface area contributed by atoms with Gasteiger partial charge in [-0.1, -0.05) is 29.8 Å². The number of benzene rings is 1. The first-order valence-electron chi connectivity index (χ1n) is 7.80. The highest BCUT2D eigenvalue weighted by Crippen LogP contribution is 2.31. The molecule has 0 bridgehead atoms. The number of carbonyl (C=O) groups excluding carboxylic acids is 2. The summed E-state index contributed by atoms with van der Waals surface area (Å²) in [5.74, 6) is 0.000705. The van der Waals surface area contributed by atoms with E-state index in [0.717, 1.165) is 18.3 Å². The lowest BCUT2D eigenvalue weighted by Gasteiger charge is -2.25. The molecule has 2 rings (SSSR count). The van der Waals surface area contributed by atoms with E-state index in [-0.39, 0.29) is 17.9 Å². The van der Waals surface area contributed by atoms with E-state index < -0.39 is 5.60 Å². The van der Waals surface area contributed by atoms with Gasteiger partial charge in [-0.2, -0.15) is 0 Å². The topological polar surface area (TPSA) is 46.6 Å². The summed E-state index contributed by atoms with van der Waals surface area (Å²) in [5, 5.41) is 0. The van der Waals surface area contributed by atoms with Crippen LogP contribution in [0.15, 0.2) is 24.3 Å². The molecule has 0 aromatic heterocycles. The van der Waals surface area contributed by atoms with Gasteiger partial charge < -0.3 is 14.4 Å². The van der Waals surface area contributed by atoms with Crippen molar-refractivity contribution in [2.45, 2.75) is 45.6 Å². The minimum atomic E-state index is -0.490. The number of amides is 1. The van der Waals surface area contributed by atoms with E-state index in [2.05, 4.69) is 0 Å². The van der Waals surface area contributed by atoms with E-state index in [1.807, 2.05) is 52.0 Å². The third kappa shape index (κ3) is 4.09. The Morgan fingerprint density at radius 2 is 1.95 bits per heavy atom. The van der Waals surface area contributed by atoms with Crippen molar-refractivity contribution in [3.05, 3.63) is 35.4 Å². The fourth-order valence-corrected chi connectivity index (χ4v) is 2.82. The molecule has 2 atom stereocenters. The average molecular weight is 303 g/mol. The van der Waals surface area contributed by atoms with Gasteiger partial charge in [0.05, 0.1) is 0 Å². The van der Waals surface area contributed by atoms with E-state index in [4.69, 9.17) is 4.74 Å². The lowest BCUT2D eigenvalue weighted by Crippen LogP contribution is -2.35. The molecule has 0 saturated carbocycles. The highest BCUT2D eigenvalue weighted by atomic mass is 16.6. The molecule has 1 amide bonds. The summed E-state index contributed by atoms with van der Waals surface area (Å²) in [6, 6.07) is 8.05. The van der Waals surface area contributed by atoms with E-state index in [0.29, 0.717) is 13.1 Å². The standard InChI is InChI=1S/C18H25NO3/c1-13-5-7-14(8-6-13)16(12-20)15-9-10-19(11-15)17(21)22-18(2,3)4/h5-8,12,15-16H,9-11H2,1-4H3. The van der Waals surface area contributed by atoms with Crippen LogP contribution in [-0.2, 0) is 9.53 Å². The van der Waals surface area contributed by atoms with Crippen molar-refractivity contribution in [3.63, 3.8) is 0 Å². The molecule has 1 fully saturated rings. The fourth-order valence-electron chi connectivity index (χ4n) is 2.82. The molecule has 0 radical (unpaired) electrons. The van der Waals surface area contributed by atoms with Crippen LogP contribution in [0.1, 0.15) is 44.2 Å². The van der Waals surface area contributed by atoms with Gasteiger partial charge in [0.2, 0.25) is 0 Å². The first kappa shape index (κ1) is 16.5. The molecule has 1 aliphatic rings. The second-order valence-corrected chi connectivity index (χ2v) is 7.05. The normalized spacial score (nSPS) is 19.8. The Morgan fingerprint density at radius 1 is 1.32 bits per heavy atom. The van der Waals surface area contributed by atoms with Gasteiger partial charge in [-0.25, -0.2) is 4.79 Å². The van der Waals surface area contributed by atoms with Crippen LogP contribution in [0.4, 0.5) is 4.79 Å². The molecule has 4 nitrogen and oxygen atoms in total. The molecule has 120 valence electrons. The third-order valence-corrected chi connectivity index (χ3v) is 3.99. The van der Waals surface area contributed by atoms with Gasteiger partial charge >= 0.3 is 6.09 Å². The maximum atomic E-state index is 12.1. The van der Waals surface area contributed by atoms with Crippen molar-refractivity contribution < 1.29 is 14.3 Å². The number of aldehydes is 1. The predicted molar refractivity (Wildman–Crippen MR) is 85.9 cm³/mol. The summed E-state index contributed by atoms with van der Waals surface area (Å²) in [5.41, 5.74) is 1.71. The Morgan fingerprint density at radius 3 is 2.50 bits per heavy atom. The molecular formula is C18H25NO3. The average Bonchev–Trinajstić information content (AvgIpc) is 2.89. The van der Waals surface area contributed by atoms with Crippen LogP contribution in [0.25, 0.3) is 0 Å². The highest BCUT2D eigenvalue weighted by Gasteiger charge is 2.34. The van der Waals surface area contributed by atoms with Crippen molar-refractivity contribution in [2.24, 2.45) is 5.92 Å². The van der Waals surface area contributed by atoms with Crippen LogP contribution in [0.3, 0.4) is 0 Å². The SMILES string of the molecule is Cc1ccc(C(C=O)C2CCN(C(=O)OC(C)(C)C)C2)cc1. The second-order valence-electron chi connectivity index (χ2n) is 7.05. The van der Waals surface area contributed by atoms with Crippen LogP contribution < -0.4 is 0 Å². The van der Waals surface area contributed by atoms with Crippen LogP contribution in [0.5, 0.6) is 0 Å². The lowest BCUT2D eigenvalue weighted by molar-refractivity contribution is -0.110. The molecule has 1 aromatic carbocycles. The summed E-state index contributed by atoms with van der Waals surface area (Å²) in [7, 11) is 0. The van der Waals surface area contributed by atoms with Gasteiger partial charge in [0.15, 0.2) is 0 Å². The molecule has 1 aliphatic heterocycles. The first-order valence-corrected chi connectivity index (χ1v) is 7.80. The quantitative estimate of drug-likeness (QED) is 0.802. The van der Waals surface area contributed by atoms with Crippen molar-refractivity contribution in [1.29, 1.82) is 0 Å². The predicted octanol–water partition coefficient (Wildman–Crippen LogP) is 3.53. The summed E-state index contributed by atoms with van der Waals surface area (Å²) < 4.78 is 5.40. The minimum Gasteiger partial charge on any atom is -0.444 e. The summed E-state index contributed by atoms with van der Waals surface area (Å²) in [4.78, 5) is 25.4. The Balaban J connectivity index is 2.03. The zero-order chi connectivity index (χ0) is 16.3. The van der Waals surface area contributed by atoms with Gasteiger partial charge in [0, 0.05) is 19.0 Å². The van der Waals surface area contributed by atoms with E-state index in [1.165, 1.54) is 5.56 Å². The van der Waals surface area contributed by atoms with Crippen molar-refractivity contribution in [2.75, 3.05) is 13.1 Å². The Labute approximate surface area is 132 Å². The zero-order valence-electron chi connectivity index (χ0n) is 13.8. The molecule has 4 heteroatoms. The smallest absolute Gasteiger partial charge is 0.410 e. The molecule has 0 N–H and O–H groups in total. The van der Waals surface area contributed by atoms with Gasteiger partial charge in [-0.3, -0.25) is 0 Å². The number of ether oxygens (including phenoxy) is 1. The summed E-state index contributed by atoms with van der Waals surface area (Å²) in [6.45, 7) is 8.83. The molecular weight excluding hydrogens is 278 g/mol. The molecule has 1 heterocycles. The number of aryl methyl sites for hydroxylation is 1. The van der Waals surface area contributed by atoms with Gasteiger partial charge in [-0.05, 0) is 45.6 Å². The van der Waals surface area contributed by atoms with Gasteiger partial charge in [-0.15, -0.1) is 0 Å². The maximum absolute atomic E-state index is 12.1. The van der Waals surface area contributed by atoms with Gasteiger partial charge in [0.25, 0.3) is 0 Å².